The van der Waals surface area contributed by atoms with E-state index in [0.717, 1.165) is 42.8 Å². The van der Waals surface area contributed by atoms with Crippen LogP contribution < -0.4 is 25.0 Å². The molecule has 1 fully saturated rings. The van der Waals surface area contributed by atoms with Gasteiger partial charge in [-0.3, -0.25) is 4.79 Å². The standard InChI is InChI=1S/C31H30Cl2N8O3/c1-5-27(42)38-22-13-19(40-10-8-39(2)9-11-40)6-7-21(22)37-26-14-23-18(16-34-26)12-20(31-35-17-36-41(23)31)28-29(32)24(43-3)15-25(44-4)30(28)33/h5-7,12-17H,1,8-11H2,2-4H3,(H,34,37)(H,38,42). The van der Waals surface area contributed by atoms with Gasteiger partial charge >= 0.3 is 0 Å². The number of carbonyl (C=O) groups is 1. The van der Waals surface area contributed by atoms with Crippen molar-refractivity contribution in [3.8, 4) is 22.6 Å². The molecule has 0 spiro atoms. The molecule has 6 rings (SSSR count). The van der Waals surface area contributed by atoms with Crippen LogP contribution >= 0.6 is 23.2 Å². The largest absolute Gasteiger partial charge is 0.495 e. The van der Waals surface area contributed by atoms with Gasteiger partial charge in [-0.2, -0.15) is 5.10 Å². The third-order valence-corrected chi connectivity index (χ3v) is 8.40. The highest BCUT2D eigenvalue weighted by Gasteiger charge is 2.23. The maximum atomic E-state index is 12.3. The molecule has 0 bridgehead atoms. The van der Waals surface area contributed by atoms with Crippen LogP contribution in [0.25, 0.3) is 27.7 Å². The normalized spacial score (nSPS) is 13.7. The predicted molar refractivity (Wildman–Crippen MR) is 175 cm³/mol. The summed E-state index contributed by atoms with van der Waals surface area (Å²) >= 11 is 13.5. The van der Waals surface area contributed by atoms with Gasteiger partial charge in [-0.05, 0) is 37.4 Å². The van der Waals surface area contributed by atoms with Gasteiger partial charge in [0.25, 0.3) is 0 Å². The number of hydrogen-bond acceptors (Lipinski definition) is 9. The molecule has 44 heavy (non-hydrogen) atoms. The monoisotopic (exact) mass is 632 g/mol. The van der Waals surface area contributed by atoms with Gasteiger partial charge in [-0.25, -0.2) is 14.5 Å². The lowest BCUT2D eigenvalue weighted by atomic mass is 10.0. The van der Waals surface area contributed by atoms with Gasteiger partial charge in [0.2, 0.25) is 5.91 Å². The summed E-state index contributed by atoms with van der Waals surface area (Å²) in [5.74, 6) is 1.06. The van der Waals surface area contributed by atoms with Crippen LogP contribution in [0.1, 0.15) is 0 Å². The van der Waals surface area contributed by atoms with Crippen LogP contribution in [0.5, 0.6) is 11.5 Å². The third-order valence-electron chi connectivity index (χ3n) is 7.65. The number of methoxy groups -OCH3 is 2. The molecule has 0 radical (unpaired) electrons. The van der Waals surface area contributed by atoms with Crippen LogP contribution in [0.2, 0.25) is 10.0 Å². The van der Waals surface area contributed by atoms with E-state index in [2.05, 4.69) is 49.1 Å². The topological polar surface area (TPSA) is 109 Å². The summed E-state index contributed by atoms with van der Waals surface area (Å²) in [5.41, 5.74) is 4.74. The molecule has 226 valence electrons. The van der Waals surface area contributed by atoms with Crippen molar-refractivity contribution in [3.05, 3.63) is 71.6 Å². The SMILES string of the molecule is C=CC(=O)Nc1cc(N2CCN(C)CC2)ccc1Nc1cc2c(cn1)cc(-c1c(Cl)c(OC)cc(OC)c1Cl)c1ncnn12. The molecule has 1 amide bonds. The average molecular weight is 634 g/mol. The van der Waals surface area contributed by atoms with E-state index >= 15 is 0 Å². The average Bonchev–Trinajstić information content (AvgIpc) is 3.53. The van der Waals surface area contributed by atoms with Gasteiger partial charge in [-0.1, -0.05) is 29.8 Å². The molecule has 13 heteroatoms. The van der Waals surface area contributed by atoms with Crippen molar-refractivity contribution in [2.24, 2.45) is 0 Å². The van der Waals surface area contributed by atoms with Crippen LogP contribution in [0.4, 0.5) is 22.9 Å². The summed E-state index contributed by atoms with van der Waals surface area (Å²) in [4.78, 5) is 26.1. The first kappa shape index (κ1) is 29.5. The van der Waals surface area contributed by atoms with Crippen molar-refractivity contribution in [2.45, 2.75) is 0 Å². The van der Waals surface area contributed by atoms with Gasteiger partial charge in [0.05, 0.1) is 41.2 Å². The molecule has 2 aromatic carbocycles. The second-order valence-corrected chi connectivity index (χ2v) is 11.1. The van der Waals surface area contributed by atoms with Crippen molar-refractivity contribution >= 4 is 68.5 Å². The van der Waals surface area contributed by atoms with Gasteiger partial charge in [0.1, 0.15) is 23.6 Å². The zero-order chi connectivity index (χ0) is 31.0. The number of likely N-dealkylation sites (N-methyl/N-ethyl adjacent to an activating group) is 1. The minimum atomic E-state index is -0.307. The molecular weight excluding hydrogens is 603 g/mol. The predicted octanol–water partition coefficient (Wildman–Crippen LogP) is 5.89. The number of aromatic nitrogens is 4. The number of piperazine rings is 1. The number of hydrogen-bond donors (Lipinski definition) is 2. The Labute approximate surface area is 264 Å². The van der Waals surface area contributed by atoms with Crippen molar-refractivity contribution in [1.82, 2.24) is 24.5 Å². The molecule has 5 aromatic rings. The second kappa shape index (κ2) is 12.2. The minimum Gasteiger partial charge on any atom is -0.495 e. The first-order valence-electron chi connectivity index (χ1n) is 13.8. The first-order chi connectivity index (χ1) is 21.3. The lowest BCUT2D eigenvalue weighted by Gasteiger charge is -2.34. The lowest BCUT2D eigenvalue weighted by Crippen LogP contribution is -2.44. The van der Waals surface area contributed by atoms with Crippen LogP contribution in [-0.4, -0.2) is 77.8 Å². The number of ether oxygens (including phenoxy) is 2. The number of pyridine rings is 2. The quantitative estimate of drug-likeness (QED) is 0.202. The Kier molecular flexibility index (Phi) is 8.17. The van der Waals surface area contributed by atoms with E-state index in [1.54, 1.807) is 16.8 Å². The number of nitrogens with one attached hydrogen (secondary N) is 2. The fraction of sp³-hybridized carbons (Fsp3) is 0.226. The molecule has 0 unspecified atom stereocenters. The first-order valence-corrected chi connectivity index (χ1v) is 14.6. The number of rotatable bonds is 8. The van der Waals surface area contributed by atoms with Gasteiger partial charge in [0.15, 0.2) is 5.65 Å². The van der Waals surface area contributed by atoms with E-state index in [1.807, 2.05) is 30.3 Å². The van der Waals surface area contributed by atoms with E-state index in [-0.39, 0.29) is 5.91 Å². The Morgan fingerprint density at radius 2 is 1.70 bits per heavy atom. The third kappa shape index (κ3) is 5.45. The Morgan fingerprint density at radius 1 is 0.977 bits per heavy atom. The molecular formula is C31H30Cl2N8O3. The summed E-state index contributed by atoms with van der Waals surface area (Å²) in [5, 5.41) is 12.2. The van der Waals surface area contributed by atoms with Gasteiger partial charge < -0.3 is 29.9 Å². The van der Waals surface area contributed by atoms with E-state index in [4.69, 9.17) is 32.7 Å². The number of fused-ring (bicyclic) bond motifs is 3. The number of benzene rings is 2. The number of anilines is 4. The molecule has 0 atom stereocenters. The minimum absolute atomic E-state index is 0.307. The van der Waals surface area contributed by atoms with Crippen molar-refractivity contribution in [2.75, 3.05) is 63.0 Å². The molecule has 0 aliphatic carbocycles. The van der Waals surface area contributed by atoms with Crippen molar-refractivity contribution in [1.29, 1.82) is 0 Å². The summed E-state index contributed by atoms with van der Waals surface area (Å²) < 4.78 is 12.7. The highest BCUT2D eigenvalue weighted by molar-refractivity contribution is 6.41. The van der Waals surface area contributed by atoms with E-state index in [9.17, 15) is 4.79 Å². The Balaban J connectivity index is 1.41. The zero-order valence-electron chi connectivity index (χ0n) is 24.4. The number of nitrogens with zero attached hydrogens (tertiary/aromatic N) is 6. The summed E-state index contributed by atoms with van der Waals surface area (Å²) in [6.45, 7) is 7.34. The highest BCUT2D eigenvalue weighted by Crippen LogP contribution is 2.47. The molecule has 3 aromatic heterocycles. The fourth-order valence-electron chi connectivity index (χ4n) is 5.27. The summed E-state index contributed by atoms with van der Waals surface area (Å²) in [6, 6.07) is 11.3. The molecule has 1 aliphatic rings. The van der Waals surface area contributed by atoms with Gasteiger partial charge in [-0.15, -0.1) is 0 Å². The molecule has 0 saturated carbocycles. The van der Waals surface area contributed by atoms with Crippen LogP contribution in [0.15, 0.2) is 61.6 Å². The Bertz CT molecular complexity index is 1870. The molecule has 1 saturated heterocycles. The van der Waals surface area contributed by atoms with Gasteiger partial charge in [0, 0.05) is 66.7 Å². The highest BCUT2D eigenvalue weighted by atomic mass is 35.5. The number of halogens is 2. The summed E-state index contributed by atoms with van der Waals surface area (Å²) in [7, 11) is 5.17. The smallest absolute Gasteiger partial charge is 0.247 e. The number of carbonyl (C=O) groups excluding carboxylic acids is 1. The van der Waals surface area contributed by atoms with E-state index < -0.39 is 0 Å². The van der Waals surface area contributed by atoms with Crippen LogP contribution in [0.3, 0.4) is 0 Å². The number of amides is 1. The van der Waals surface area contributed by atoms with Crippen molar-refractivity contribution in [3.63, 3.8) is 0 Å². The maximum Gasteiger partial charge on any atom is 0.247 e. The fourth-order valence-corrected chi connectivity index (χ4v) is 5.98. The van der Waals surface area contributed by atoms with Crippen LogP contribution in [-0.2, 0) is 4.79 Å². The maximum absolute atomic E-state index is 12.3. The molecule has 4 heterocycles. The molecule has 11 nitrogen and oxygen atoms in total. The Morgan fingerprint density at radius 3 is 2.39 bits per heavy atom. The summed E-state index contributed by atoms with van der Waals surface area (Å²) in [6.07, 6.45) is 4.43. The van der Waals surface area contributed by atoms with Crippen LogP contribution in [0, 0.1) is 0 Å². The van der Waals surface area contributed by atoms with Crippen molar-refractivity contribution < 1.29 is 14.3 Å². The second-order valence-electron chi connectivity index (χ2n) is 10.3. The van der Waals surface area contributed by atoms with E-state index in [1.165, 1.54) is 26.6 Å². The van der Waals surface area contributed by atoms with E-state index in [0.29, 0.717) is 55.5 Å². The zero-order valence-corrected chi connectivity index (χ0v) is 25.9. The Hall–Kier alpha value is -4.58. The lowest BCUT2D eigenvalue weighted by molar-refractivity contribution is -0.111. The molecule has 2 N–H and O–H groups in total. The molecule has 1 aliphatic heterocycles.